The van der Waals surface area contributed by atoms with E-state index in [4.69, 9.17) is 9.94 Å². The van der Waals surface area contributed by atoms with Crippen molar-refractivity contribution in [3.05, 3.63) is 77.4 Å². The molecular formula is C24H26N4O4. The Morgan fingerprint density at radius 1 is 1.22 bits per heavy atom. The number of nitrogens with zero attached hydrogens (tertiary/aromatic N) is 3. The van der Waals surface area contributed by atoms with Crippen LogP contribution in [-0.4, -0.2) is 45.1 Å². The minimum Gasteiger partial charge on any atom is -0.435 e. The van der Waals surface area contributed by atoms with Crippen molar-refractivity contribution in [2.75, 3.05) is 13.1 Å². The van der Waals surface area contributed by atoms with Gasteiger partial charge in [-0.05, 0) is 61.1 Å². The third kappa shape index (κ3) is 4.50. The molecule has 0 radical (unpaired) electrons. The molecule has 1 amide bonds. The third-order valence-corrected chi connectivity index (χ3v) is 6.09. The second kappa shape index (κ2) is 9.65. The van der Waals surface area contributed by atoms with Crippen LogP contribution in [0.1, 0.15) is 47.2 Å². The van der Waals surface area contributed by atoms with E-state index < -0.39 is 5.91 Å². The molecule has 1 fully saturated rings. The molecule has 0 aliphatic carbocycles. The number of hydroxylamine groups is 1. The van der Waals surface area contributed by atoms with E-state index in [1.807, 2.05) is 31.5 Å². The van der Waals surface area contributed by atoms with Gasteiger partial charge in [0.15, 0.2) is 0 Å². The topological polar surface area (TPSA) is 96.7 Å². The average molecular weight is 434 g/mol. The van der Waals surface area contributed by atoms with Crippen molar-refractivity contribution in [1.29, 1.82) is 0 Å². The highest BCUT2D eigenvalue weighted by atomic mass is 16.5. The Balaban J connectivity index is 1.49. The van der Waals surface area contributed by atoms with Gasteiger partial charge in [0.05, 0.1) is 0 Å². The van der Waals surface area contributed by atoms with Crippen molar-refractivity contribution in [2.24, 2.45) is 0 Å². The highest BCUT2D eigenvalue weighted by Crippen LogP contribution is 2.33. The van der Waals surface area contributed by atoms with Crippen molar-refractivity contribution >= 4 is 23.4 Å². The Hall–Kier alpha value is -3.65. The zero-order chi connectivity index (χ0) is 22.5. The molecule has 2 aromatic heterocycles. The number of aromatic nitrogens is 2. The van der Waals surface area contributed by atoms with E-state index in [0.717, 1.165) is 42.8 Å². The number of pyridine rings is 1. The largest absolute Gasteiger partial charge is 0.435 e. The van der Waals surface area contributed by atoms with Crippen LogP contribution in [0, 0.1) is 0 Å². The van der Waals surface area contributed by atoms with Gasteiger partial charge in [-0.3, -0.25) is 14.8 Å². The maximum Gasteiger partial charge on any atom is 0.297 e. The summed E-state index contributed by atoms with van der Waals surface area (Å²) in [7, 11) is 0. The fourth-order valence-corrected chi connectivity index (χ4v) is 4.36. The van der Waals surface area contributed by atoms with Crippen LogP contribution in [0.2, 0.25) is 0 Å². The lowest BCUT2D eigenvalue weighted by atomic mass is 9.88. The molecule has 1 saturated heterocycles. The number of fused-ring (bicyclic) bond motifs is 1. The Morgan fingerprint density at radius 3 is 2.66 bits per heavy atom. The lowest BCUT2D eigenvalue weighted by Crippen LogP contribution is -2.31. The Kier molecular flexibility index (Phi) is 6.51. The summed E-state index contributed by atoms with van der Waals surface area (Å²) in [6.07, 6.45) is 7.46. The summed E-state index contributed by atoms with van der Waals surface area (Å²) in [6, 6.07) is 11.4. The summed E-state index contributed by atoms with van der Waals surface area (Å²) in [4.78, 5) is 28.8. The Morgan fingerprint density at radius 2 is 1.97 bits per heavy atom. The van der Waals surface area contributed by atoms with Gasteiger partial charge in [0, 0.05) is 48.7 Å². The van der Waals surface area contributed by atoms with Crippen LogP contribution < -0.4 is 5.48 Å². The molecule has 1 aromatic carbocycles. The molecule has 0 saturated carbocycles. The average Bonchev–Trinajstić information content (AvgIpc) is 3.25. The molecule has 4 rings (SSSR count). The number of ether oxygens (including phenoxy) is 1. The molecule has 8 heteroatoms. The van der Waals surface area contributed by atoms with E-state index in [9.17, 15) is 9.59 Å². The van der Waals surface area contributed by atoms with Crippen LogP contribution in [-0.2, 0) is 16.1 Å². The number of rotatable bonds is 7. The second-order valence-corrected chi connectivity index (χ2v) is 7.97. The number of allylic oxidation sites excluding steroid dienone is 1. The predicted octanol–water partition coefficient (Wildman–Crippen LogP) is 3.42. The smallest absolute Gasteiger partial charge is 0.297 e. The second-order valence-electron chi connectivity index (χ2n) is 7.97. The van der Waals surface area contributed by atoms with Crippen molar-refractivity contribution < 1.29 is 19.5 Å². The van der Waals surface area contributed by atoms with Gasteiger partial charge in [0.25, 0.3) is 12.4 Å². The lowest BCUT2D eigenvalue weighted by molar-refractivity contribution is -0.123. The minimum atomic E-state index is -0.526. The molecule has 0 bridgehead atoms. The molecule has 0 atom stereocenters. The van der Waals surface area contributed by atoms with Crippen LogP contribution in [0.15, 0.2) is 60.8 Å². The maximum atomic E-state index is 11.5. The molecule has 2 N–H and O–H groups in total. The van der Waals surface area contributed by atoms with Gasteiger partial charge >= 0.3 is 0 Å². The molecule has 32 heavy (non-hydrogen) atoms. The molecule has 166 valence electrons. The fraction of sp³-hybridized carbons (Fsp3) is 0.292. The van der Waals surface area contributed by atoms with Gasteiger partial charge in [-0.25, -0.2) is 10.5 Å². The van der Waals surface area contributed by atoms with Gasteiger partial charge < -0.3 is 14.2 Å². The monoisotopic (exact) mass is 434 g/mol. The van der Waals surface area contributed by atoms with E-state index in [-0.39, 0.29) is 0 Å². The first-order chi connectivity index (χ1) is 15.6. The number of nitrogens with one attached hydrogen (secondary N) is 1. The first kappa shape index (κ1) is 21.6. The number of piperidine rings is 1. The zero-order valence-electron chi connectivity index (χ0n) is 17.9. The van der Waals surface area contributed by atoms with Gasteiger partial charge in [-0.15, -0.1) is 0 Å². The molecule has 8 nitrogen and oxygen atoms in total. The number of carbonyl (C=O) groups excluding carboxylic acids is 2. The van der Waals surface area contributed by atoms with E-state index in [0.29, 0.717) is 24.5 Å². The Bertz CT molecular complexity index is 1130. The lowest BCUT2D eigenvalue weighted by Gasteiger charge is -2.34. The number of carbonyl (C=O) groups is 2. The molecule has 1 aliphatic rings. The summed E-state index contributed by atoms with van der Waals surface area (Å²) in [6.45, 7) is 4.85. The molecule has 3 aromatic rings. The van der Waals surface area contributed by atoms with Crippen LogP contribution >= 0.6 is 0 Å². The van der Waals surface area contributed by atoms with Gasteiger partial charge in [-0.2, -0.15) is 0 Å². The predicted molar refractivity (Wildman–Crippen MR) is 119 cm³/mol. The van der Waals surface area contributed by atoms with Gasteiger partial charge in [0.1, 0.15) is 11.9 Å². The first-order valence-electron chi connectivity index (χ1n) is 10.6. The van der Waals surface area contributed by atoms with Crippen LogP contribution in [0.25, 0.3) is 11.0 Å². The van der Waals surface area contributed by atoms with E-state index >= 15 is 0 Å². The molecule has 0 unspecified atom stereocenters. The summed E-state index contributed by atoms with van der Waals surface area (Å²) < 4.78 is 6.88. The Labute approximate surface area is 186 Å². The third-order valence-electron chi connectivity index (χ3n) is 6.09. The fourth-order valence-electron chi connectivity index (χ4n) is 4.36. The van der Waals surface area contributed by atoms with Crippen LogP contribution in [0.4, 0.5) is 0 Å². The van der Waals surface area contributed by atoms with Gasteiger partial charge in [0.2, 0.25) is 0 Å². The molecule has 1 aliphatic heterocycles. The van der Waals surface area contributed by atoms with Crippen LogP contribution in [0.3, 0.4) is 0 Å². The number of likely N-dealkylation sites (tertiary alicyclic amines) is 1. The van der Waals surface area contributed by atoms with Crippen molar-refractivity contribution in [3.8, 4) is 0 Å². The maximum absolute atomic E-state index is 11.5. The molecule has 0 spiro atoms. The summed E-state index contributed by atoms with van der Waals surface area (Å²) >= 11 is 0. The van der Waals surface area contributed by atoms with E-state index in [1.165, 1.54) is 17.2 Å². The molecular weight excluding hydrogens is 408 g/mol. The van der Waals surface area contributed by atoms with E-state index in [2.05, 4.69) is 26.6 Å². The zero-order valence-corrected chi connectivity index (χ0v) is 17.9. The minimum absolute atomic E-state index is 0.406. The summed E-state index contributed by atoms with van der Waals surface area (Å²) in [5.74, 6) is -0.0778. The summed E-state index contributed by atoms with van der Waals surface area (Å²) in [5, 5.41) is 9.92. The molecule has 3 heterocycles. The normalized spacial score (nSPS) is 15.1. The number of amides is 1. The van der Waals surface area contributed by atoms with Gasteiger partial charge in [-0.1, -0.05) is 12.1 Å². The SMILES string of the molecule is C/C(=C/OC=O)N1CCC(c2ccnc3c2ccn3Cc2ccc(C(=O)NO)cc2)CC1. The van der Waals surface area contributed by atoms with Crippen molar-refractivity contribution in [2.45, 2.75) is 32.2 Å². The highest BCUT2D eigenvalue weighted by Gasteiger charge is 2.23. The first-order valence-corrected chi connectivity index (χ1v) is 10.6. The van der Waals surface area contributed by atoms with Crippen molar-refractivity contribution in [3.63, 3.8) is 0 Å². The quantitative estimate of drug-likeness (QED) is 0.256. The number of hydrogen-bond donors (Lipinski definition) is 2. The van der Waals surface area contributed by atoms with Crippen molar-refractivity contribution in [1.82, 2.24) is 19.9 Å². The number of benzene rings is 1. The van der Waals surface area contributed by atoms with Crippen LogP contribution in [0.5, 0.6) is 0 Å². The summed E-state index contributed by atoms with van der Waals surface area (Å²) in [5.41, 5.74) is 6.31. The number of hydrogen-bond acceptors (Lipinski definition) is 6. The highest BCUT2D eigenvalue weighted by molar-refractivity contribution is 5.93. The van der Waals surface area contributed by atoms with E-state index in [1.54, 1.807) is 17.6 Å². The standard InChI is InChI=1S/C24H26N4O4/c1-17(15-32-16-29)27-11-7-19(8-12-27)21-6-10-25-23-22(21)9-13-28(23)14-18-2-4-20(5-3-18)24(30)26-31/h2-6,9-10,13,15-16,19,31H,7-8,11-12,14H2,1H3,(H,26,30)/b17-15-.